The van der Waals surface area contributed by atoms with Crippen LogP contribution in [0.2, 0.25) is 0 Å². The fraction of sp³-hybridized carbons (Fsp3) is 0.375. The van der Waals surface area contributed by atoms with Crippen molar-refractivity contribution < 1.29 is 27.8 Å². The Morgan fingerprint density at radius 2 is 2.00 bits per heavy atom. The van der Waals surface area contributed by atoms with Gasteiger partial charge in [-0.2, -0.15) is 13.2 Å². The summed E-state index contributed by atoms with van der Waals surface area (Å²) in [5, 5.41) is 8.62. The van der Waals surface area contributed by atoms with Crippen LogP contribution in [0.5, 0.6) is 5.88 Å². The van der Waals surface area contributed by atoms with E-state index in [4.69, 9.17) is 5.11 Å². The molecule has 0 radical (unpaired) electrons. The highest BCUT2D eigenvalue weighted by Gasteiger charge is 2.39. The van der Waals surface area contributed by atoms with E-state index < -0.39 is 29.8 Å². The van der Waals surface area contributed by atoms with E-state index in [2.05, 4.69) is 14.7 Å². The monoisotopic (exact) mass is 236 g/mol. The van der Waals surface area contributed by atoms with Crippen LogP contribution in [0.15, 0.2) is 12.4 Å². The number of rotatable bonds is 3. The predicted molar refractivity (Wildman–Crippen MR) is 45.1 cm³/mol. The van der Waals surface area contributed by atoms with Gasteiger partial charge < -0.3 is 9.84 Å². The van der Waals surface area contributed by atoms with Crippen LogP contribution in [0.3, 0.4) is 0 Å². The predicted octanol–water partition coefficient (Wildman–Crippen LogP) is 1.50. The summed E-state index contributed by atoms with van der Waals surface area (Å²) in [7, 11) is 0. The second-order valence-electron chi connectivity index (χ2n) is 2.82. The summed E-state index contributed by atoms with van der Waals surface area (Å²) >= 11 is 0. The third-order valence-electron chi connectivity index (χ3n) is 1.62. The summed E-state index contributed by atoms with van der Waals surface area (Å²) in [6.45, 7) is 0.750. The topological polar surface area (TPSA) is 72.3 Å². The van der Waals surface area contributed by atoms with Gasteiger partial charge in [-0.3, -0.25) is 0 Å². The van der Waals surface area contributed by atoms with E-state index >= 15 is 0 Å². The fourth-order valence-corrected chi connectivity index (χ4v) is 0.792. The number of carbonyl (C=O) groups is 1. The minimum Gasteiger partial charge on any atom is -0.476 e. The first-order chi connectivity index (χ1) is 7.32. The van der Waals surface area contributed by atoms with Gasteiger partial charge in [-0.15, -0.1) is 0 Å². The summed E-state index contributed by atoms with van der Waals surface area (Å²) < 4.78 is 40.8. The Morgan fingerprint density at radius 3 is 2.50 bits per heavy atom. The second kappa shape index (κ2) is 4.33. The van der Waals surface area contributed by atoms with Gasteiger partial charge in [-0.05, 0) is 6.92 Å². The van der Waals surface area contributed by atoms with Gasteiger partial charge in [0.05, 0.1) is 0 Å². The molecule has 0 aliphatic heterocycles. The first-order valence-electron chi connectivity index (χ1n) is 4.10. The van der Waals surface area contributed by atoms with E-state index in [1.165, 1.54) is 0 Å². The molecule has 16 heavy (non-hydrogen) atoms. The number of aromatic carboxylic acids is 1. The van der Waals surface area contributed by atoms with Crippen molar-refractivity contribution in [3.05, 3.63) is 18.1 Å². The van der Waals surface area contributed by atoms with Crippen LogP contribution in [0.25, 0.3) is 0 Å². The minimum atomic E-state index is -4.59. The third kappa shape index (κ3) is 2.81. The summed E-state index contributed by atoms with van der Waals surface area (Å²) in [6.07, 6.45) is -4.64. The molecule has 1 N–H and O–H groups in total. The highest BCUT2D eigenvalue weighted by atomic mass is 19.4. The van der Waals surface area contributed by atoms with Gasteiger partial charge in [-0.1, -0.05) is 0 Å². The molecule has 0 fully saturated rings. The average Bonchev–Trinajstić information content (AvgIpc) is 2.16. The molecule has 5 nitrogen and oxygen atoms in total. The Kier molecular flexibility index (Phi) is 3.31. The quantitative estimate of drug-likeness (QED) is 0.860. The zero-order valence-corrected chi connectivity index (χ0v) is 8.02. The van der Waals surface area contributed by atoms with Crippen LogP contribution >= 0.6 is 0 Å². The lowest BCUT2D eigenvalue weighted by atomic mass is 10.4. The van der Waals surface area contributed by atoms with Crippen LogP contribution in [-0.4, -0.2) is 33.3 Å². The van der Waals surface area contributed by atoms with E-state index in [9.17, 15) is 18.0 Å². The summed E-state index contributed by atoms with van der Waals surface area (Å²) in [4.78, 5) is 17.3. The average molecular weight is 236 g/mol. The highest BCUT2D eigenvalue weighted by molar-refractivity contribution is 5.87. The molecular formula is C8H7F3N2O3. The molecule has 0 aromatic carbocycles. The number of carboxylic acid groups (broad SMARTS) is 1. The molecule has 1 aromatic rings. The van der Waals surface area contributed by atoms with Crippen molar-refractivity contribution in [1.82, 2.24) is 9.97 Å². The summed E-state index contributed by atoms with van der Waals surface area (Å²) in [5.74, 6) is -2.16. The van der Waals surface area contributed by atoms with Crippen molar-refractivity contribution in [2.75, 3.05) is 0 Å². The fourth-order valence-electron chi connectivity index (χ4n) is 0.792. The van der Waals surface area contributed by atoms with Crippen LogP contribution in [0.1, 0.15) is 17.4 Å². The smallest absolute Gasteiger partial charge is 0.425 e. The number of ether oxygens (including phenoxy) is 1. The number of nitrogens with zero attached hydrogens (tertiary/aromatic N) is 2. The number of halogens is 3. The van der Waals surface area contributed by atoms with E-state index in [0.717, 1.165) is 19.3 Å². The first-order valence-corrected chi connectivity index (χ1v) is 4.10. The third-order valence-corrected chi connectivity index (χ3v) is 1.62. The van der Waals surface area contributed by atoms with Gasteiger partial charge in [0.25, 0.3) is 0 Å². The van der Waals surface area contributed by atoms with Crippen molar-refractivity contribution in [2.45, 2.75) is 19.2 Å². The van der Waals surface area contributed by atoms with E-state index in [0.29, 0.717) is 0 Å². The molecule has 0 bridgehead atoms. The van der Waals surface area contributed by atoms with Crippen LogP contribution < -0.4 is 4.74 Å². The number of hydrogen-bond donors (Lipinski definition) is 1. The van der Waals surface area contributed by atoms with Gasteiger partial charge in [0.1, 0.15) is 0 Å². The largest absolute Gasteiger partial charge is 0.476 e. The van der Waals surface area contributed by atoms with Crippen LogP contribution in [0.4, 0.5) is 13.2 Å². The first kappa shape index (κ1) is 12.2. The molecule has 1 aromatic heterocycles. The van der Waals surface area contributed by atoms with E-state index in [1.807, 2.05) is 0 Å². The molecule has 88 valence electrons. The molecular weight excluding hydrogens is 229 g/mol. The zero-order valence-electron chi connectivity index (χ0n) is 8.02. The molecule has 8 heteroatoms. The van der Waals surface area contributed by atoms with Gasteiger partial charge >= 0.3 is 12.1 Å². The lowest BCUT2D eigenvalue weighted by Crippen LogP contribution is -2.32. The Bertz CT molecular complexity index is 394. The molecule has 0 spiro atoms. The molecule has 0 amide bonds. The molecule has 0 aliphatic rings. The Morgan fingerprint density at radius 1 is 1.44 bits per heavy atom. The standard InChI is InChI=1S/C8H7F3N2O3/c1-4(8(9,10)11)16-6-5(7(14)15)12-2-3-13-6/h2-4H,1H3,(H,14,15). The molecule has 1 unspecified atom stereocenters. The lowest BCUT2D eigenvalue weighted by molar-refractivity contribution is -0.190. The Hall–Kier alpha value is -1.86. The molecule has 1 rings (SSSR count). The molecule has 0 saturated heterocycles. The minimum absolute atomic E-state index is 0.653. The lowest BCUT2D eigenvalue weighted by Gasteiger charge is -2.17. The molecule has 1 heterocycles. The maximum absolute atomic E-state index is 12.1. The van der Waals surface area contributed by atoms with Gasteiger partial charge in [-0.25, -0.2) is 14.8 Å². The second-order valence-corrected chi connectivity index (χ2v) is 2.82. The van der Waals surface area contributed by atoms with Crippen LogP contribution in [0, 0.1) is 0 Å². The number of aromatic nitrogens is 2. The highest BCUT2D eigenvalue weighted by Crippen LogP contribution is 2.24. The maximum Gasteiger partial charge on any atom is 0.425 e. The molecule has 1 atom stereocenters. The van der Waals surface area contributed by atoms with Gasteiger partial charge in [0.15, 0.2) is 6.10 Å². The summed E-state index contributed by atoms with van der Waals surface area (Å²) in [5.41, 5.74) is -0.654. The van der Waals surface area contributed by atoms with Gasteiger partial charge in [0, 0.05) is 12.4 Å². The van der Waals surface area contributed by atoms with Crippen molar-refractivity contribution in [2.24, 2.45) is 0 Å². The van der Waals surface area contributed by atoms with Crippen LogP contribution in [-0.2, 0) is 0 Å². The number of hydrogen-bond acceptors (Lipinski definition) is 4. The maximum atomic E-state index is 12.1. The van der Waals surface area contributed by atoms with E-state index in [-0.39, 0.29) is 0 Å². The summed E-state index contributed by atoms with van der Waals surface area (Å²) in [6, 6.07) is 0. The zero-order chi connectivity index (χ0) is 12.3. The van der Waals surface area contributed by atoms with Gasteiger partial charge in [0.2, 0.25) is 11.6 Å². The number of carboxylic acids is 1. The van der Waals surface area contributed by atoms with Crippen molar-refractivity contribution in [3.8, 4) is 5.88 Å². The Balaban J connectivity index is 2.93. The SMILES string of the molecule is CC(Oc1nccnc1C(=O)O)C(F)(F)F. The van der Waals surface area contributed by atoms with E-state index in [1.54, 1.807) is 0 Å². The number of alkyl halides is 3. The Labute approximate surface area is 87.9 Å². The molecule has 0 aliphatic carbocycles. The molecule has 0 saturated carbocycles. The normalized spacial score (nSPS) is 13.2. The van der Waals surface area contributed by atoms with Crippen molar-refractivity contribution in [1.29, 1.82) is 0 Å². The van der Waals surface area contributed by atoms with Crippen molar-refractivity contribution >= 4 is 5.97 Å². The van der Waals surface area contributed by atoms with Crippen molar-refractivity contribution in [3.63, 3.8) is 0 Å².